The minimum absolute atomic E-state index is 0.418. The molecule has 3 N–H and O–H groups in total. The number of aliphatic carboxylic acids is 1. The Morgan fingerprint density at radius 2 is 1.94 bits per heavy atom. The Morgan fingerprint density at radius 1 is 1.50 bits per heavy atom. The van der Waals surface area contributed by atoms with Gasteiger partial charge in [-0.05, 0) is 18.6 Å². The van der Waals surface area contributed by atoms with Crippen molar-refractivity contribution in [3.8, 4) is 0 Å². The van der Waals surface area contributed by atoms with Gasteiger partial charge in [0.2, 0.25) is 0 Å². The van der Waals surface area contributed by atoms with Gasteiger partial charge in [0.1, 0.15) is 5.70 Å². The summed E-state index contributed by atoms with van der Waals surface area (Å²) in [5, 5.41) is 9.42. The van der Waals surface area contributed by atoms with Crippen LogP contribution in [0.2, 0.25) is 0 Å². The van der Waals surface area contributed by atoms with Gasteiger partial charge < -0.3 is 10.1 Å². The van der Waals surface area contributed by atoms with Crippen LogP contribution in [0.25, 0.3) is 0 Å². The third-order valence-electron chi connectivity index (χ3n) is 1.85. The Balaban J connectivity index is 5.23. The van der Waals surface area contributed by atoms with Crippen LogP contribution in [0.3, 0.4) is 0 Å². The highest BCUT2D eigenvalue weighted by Gasteiger charge is 2.33. The van der Waals surface area contributed by atoms with Gasteiger partial charge in [-0.3, -0.25) is 0 Å². The summed E-state index contributed by atoms with van der Waals surface area (Å²) >= 11 is 0. The SMILES string of the molecule is C=C(C)C(F)(F)C(=C)/C=C(/C(=O)O)N(C)N. The zero-order valence-corrected chi connectivity index (χ0v) is 9.13. The fraction of sp³-hybridized carbons (Fsp3) is 0.300. The minimum atomic E-state index is -3.35. The van der Waals surface area contributed by atoms with Gasteiger partial charge >= 0.3 is 5.97 Å². The standard InChI is InChI=1S/C10H14F2N2O2/c1-6(2)10(11,12)7(3)5-8(9(15)16)14(4)13/h5H,1,3,13H2,2,4H3,(H,15,16)/b8-5-. The number of carboxylic acid groups (broad SMARTS) is 1. The second-order valence-corrected chi connectivity index (χ2v) is 3.33. The molecular weight excluding hydrogens is 218 g/mol. The quantitative estimate of drug-likeness (QED) is 0.248. The van der Waals surface area contributed by atoms with Crippen molar-refractivity contribution in [1.82, 2.24) is 5.01 Å². The summed E-state index contributed by atoms with van der Waals surface area (Å²) in [4.78, 5) is 10.7. The normalized spacial score (nSPS) is 12.2. The van der Waals surface area contributed by atoms with Crippen LogP contribution in [-0.4, -0.2) is 29.1 Å². The molecule has 0 aromatic heterocycles. The molecule has 0 spiro atoms. The Bertz CT molecular complexity index is 360. The average Bonchev–Trinajstić information content (AvgIpc) is 2.11. The molecule has 0 heterocycles. The van der Waals surface area contributed by atoms with E-state index in [1.54, 1.807) is 0 Å². The van der Waals surface area contributed by atoms with E-state index in [0.717, 1.165) is 18.0 Å². The number of allylic oxidation sites excluding steroid dienone is 3. The molecule has 0 amide bonds. The van der Waals surface area contributed by atoms with E-state index >= 15 is 0 Å². The van der Waals surface area contributed by atoms with Crippen molar-refractivity contribution >= 4 is 5.97 Å². The van der Waals surface area contributed by atoms with Crippen molar-refractivity contribution in [1.29, 1.82) is 0 Å². The van der Waals surface area contributed by atoms with Gasteiger partial charge in [-0.25, -0.2) is 10.6 Å². The van der Waals surface area contributed by atoms with Crippen molar-refractivity contribution in [2.75, 3.05) is 7.05 Å². The highest BCUT2D eigenvalue weighted by atomic mass is 19.3. The van der Waals surface area contributed by atoms with Crippen LogP contribution in [0.1, 0.15) is 6.92 Å². The molecular formula is C10H14F2N2O2. The number of alkyl halides is 2. The monoisotopic (exact) mass is 232 g/mol. The number of rotatable bonds is 5. The van der Waals surface area contributed by atoms with Gasteiger partial charge in [0.25, 0.3) is 5.92 Å². The maximum Gasteiger partial charge on any atom is 0.353 e. The van der Waals surface area contributed by atoms with Crippen molar-refractivity contribution in [2.24, 2.45) is 5.84 Å². The summed E-state index contributed by atoms with van der Waals surface area (Å²) < 4.78 is 26.7. The first kappa shape index (κ1) is 14.3. The average molecular weight is 232 g/mol. The van der Waals surface area contributed by atoms with Gasteiger partial charge in [0, 0.05) is 12.6 Å². The molecule has 0 rings (SSSR count). The summed E-state index contributed by atoms with van der Waals surface area (Å²) in [6.45, 7) is 7.36. The van der Waals surface area contributed by atoms with Gasteiger partial charge in [0.05, 0.1) is 0 Å². The molecule has 0 aliphatic rings. The molecule has 6 heteroatoms. The third kappa shape index (κ3) is 3.16. The number of hydrogen-bond donors (Lipinski definition) is 2. The van der Waals surface area contributed by atoms with E-state index in [1.807, 2.05) is 0 Å². The number of likely N-dealkylation sites (N-methyl/N-ethyl adjacent to an activating group) is 1. The van der Waals surface area contributed by atoms with Crippen molar-refractivity contribution < 1.29 is 18.7 Å². The molecule has 0 aromatic rings. The summed E-state index contributed by atoms with van der Waals surface area (Å²) in [5.74, 6) is 0.417. The van der Waals surface area contributed by atoms with E-state index in [-0.39, 0.29) is 0 Å². The summed E-state index contributed by atoms with van der Waals surface area (Å²) in [6.07, 6.45) is 0.719. The molecule has 0 saturated carbocycles. The molecule has 4 nitrogen and oxygen atoms in total. The van der Waals surface area contributed by atoms with Gasteiger partial charge in [-0.15, -0.1) is 0 Å². The molecule has 0 unspecified atom stereocenters. The Labute approximate surface area is 92.3 Å². The molecule has 0 bridgehead atoms. The molecule has 0 aliphatic carbocycles. The van der Waals surface area contributed by atoms with Crippen molar-refractivity contribution in [3.63, 3.8) is 0 Å². The number of nitrogens with zero attached hydrogens (tertiary/aromatic N) is 1. The fourth-order valence-corrected chi connectivity index (χ4v) is 0.844. The highest BCUT2D eigenvalue weighted by Crippen LogP contribution is 2.31. The zero-order valence-electron chi connectivity index (χ0n) is 9.13. The lowest BCUT2D eigenvalue weighted by Gasteiger charge is -2.19. The lowest BCUT2D eigenvalue weighted by Crippen LogP contribution is -2.30. The Kier molecular flexibility index (Phi) is 4.37. The van der Waals surface area contributed by atoms with Crippen LogP contribution in [0.15, 0.2) is 36.1 Å². The van der Waals surface area contributed by atoms with E-state index in [2.05, 4.69) is 13.2 Å². The lowest BCUT2D eigenvalue weighted by atomic mass is 10.0. The first-order chi connectivity index (χ1) is 7.10. The van der Waals surface area contributed by atoms with Crippen LogP contribution in [0.4, 0.5) is 8.78 Å². The van der Waals surface area contributed by atoms with E-state index in [4.69, 9.17) is 10.9 Å². The summed E-state index contributed by atoms with van der Waals surface area (Å²) in [6, 6.07) is 0. The third-order valence-corrected chi connectivity index (χ3v) is 1.85. The van der Waals surface area contributed by atoms with Gasteiger partial charge in [-0.2, -0.15) is 8.78 Å². The van der Waals surface area contributed by atoms with Crippen molar-refractivity contribution in [2.45, 2.75) is 12.8 Å². The highest BCUT2D eigenvalue weighted by molar-refractivity contribution is 5.86. The second-order valence-electron chi connectivity index (χ2n) is 3.33. The number of carboxylic acids is 1. The first-order valence-corrected chi connectivity index (χ1v) is 4.27. The zero-order chi connectivity index (χ0) is 13.1. The largest absolute Gasteiger partial charge is 0.477 e. The maximum absolute atomic E-state index is 13.3. The van der Waals surface area contributed by atoms with Gasteiger partial charge in [-0.1, -0.05) is 13.2 Å². The Hall–Kier alpha value is -1.69. The summed E-state index contributed by atoms with van der Waals surface area (Å²) in [7, 11) is 1.23. The Morgan fingerprint density at radius 3 is 2.19 bits per heavy atom. The molecule has 0 aromatic carbocycles. The number of hydrogen-bond acceptors (Lipinski definition) is 3. The molecule has 0 saturated heterocycles. The minimum Gasteiger partial charge on any atom is -0.477 e. The molecule has 0 aliphatic heterocycles. The fourth-order valence-electron chi connectivity index (χ4n) is 0.844. The predicted octanol–water partition coefficient (Wildman–Crippen LogP) is 1.53. The number of nitrogens with two attached hydrogens (primary N) is 1. The predicted molar refractivity (Wildman–Crippen MR) is 56.6 cm³/mol. The number of halogens is 2. The molecule has 0 radical (unpaired) electrons. The van der Waals surface area contributed by atoms with Crippen LogP contribution in [0.5, 0.6) is 0 Å². The molecule has 0 fully saturated rings. The smallest absolute Gasteiger partial charge is 0.353 e. The van der Waals surface area contributed by atoms with Crippen LogP contribution in [0, 0.1) is 0 Å². The van der Waals surface area contributed by atoms with E-state index in [9.17, 15) is 13.6 Å². The van der Waals surface area contributed by atoms with Gasteiger partial charge in [0.15, 0.2) is 0 Å². The van der Waals surface area contributed by atoms with Crippen molar-refractivity contribution in [3.05, 3.63) is 36.1 Å². The molecule has 0 atom stereocenters. The maximum atomic E-state index is 13.3. The topological polar surface area (TPSA) is 66.6 Å². The van der Waals surface area contributed by atoms with Crippen LogP contribution in [-0.2, 0) is 4.79 Å². The summed E-state index contributed by atoms with van der Waals surface area (Å²) in [5.41, 5.74) is -1.57. The lowest BCUT2D eigenvalue weighted by molar-refractivity contribution is -0.134. The first-order valence-electron chi connectivity index (χ1n) is 4.27. The second kappa shape index (κ2) is 4.89. The van der Waals surface area contributed by atoms with E-state index in [0.29, 0.717) is 0 Å². The molecule has 90 valence electrons. The molecule has 16 heavy (non-hydrogen) atoms. The number of carbonyl (C=O) groups is 1. The van der Waals surface area contributed by atoms with Crippen LogP contribution < -0.4 is 5.84 Å². The van der Waals surface area contributed by atoms with E-state index < -0.39 is 28.7 Å². The number of hydrazine groups is 1. The van der Waals surface area contributed by atoms with Crippen LogP contribution >= 0.6 is 0 Å². The van der Waals surface area contributed by atoms with E-state index in [1.165, 1.54) is 7.05 Å².